The monoisotopic (exact) mass is 366 g/mol. The molecule has 0 aromatic heterocycles. The number of hydrogen-bond acceptors (Lipinski definition) is 4. The summed E-state index contributed by atoms with van der Waals surface area (Å²) in [5.41, 5.74) is 2.02. The highest BCUT2D eigenvalue weighted by atomic mass is 32.2. The van der Waals surface area contributed by atoms with E-state index in [0.29, 0.717) is 44.2 Å². The second-order valence-corrected chi connectivity index (χ2v) is 8.82. The van der Waals surface area contributed by atoms with E-state index < -0.39 is 10.0 Å². The summed E-state index contributed by atoms with van der Waals surface area (Å²) < 4.78 is 32.7. The number of ether oxygens (including phenoxy) is 1. The molecule has 2 heterocycles. The SMILES string of the molecule is Cc1ccc(S(=O)(=O)N2CCCC(C(=O)N3CCOCC3)C2)cc1C. The van der Waals surface area contributed by atoms with Crippen molar-refractivity contribution in [2.75, 3.05) is 39.4 Å². The van der Waals surface area contributed by atoms with Crippen molar-refractivity contribution in [1.29, 1.82) is 0 Å². The minimum absolute atomic E-state index is 0.0586. The molecular weight excluding hydrogens is 340 g/mol. The largest absolute Gasteiger partial charge is 0.378 e. The highest BCUT2D eigenvalue weighted by Gasteiger charge is 2.35. The van der Waals surface area contributed by atoms with Crippen LogP contribution >= 0.6 is 0 Å². The normalized spacial score (nSPS) is 22.8. The molecule has 0 spiro atoms. The highest BCUT2D eigenvalue weighted by molar-refractivity contribution is 7.89. The molecule has 0 radical (unpaired) electrons. The summed E-state index contributed by atoms with van der Waals surface area (Å²) in [5.74, 6) is -0.198. The van der Waals surface area contributed by atoms with Crippen molar-refractivity contribution in [3.63, 3.8) is 0 Å². The first-order valence-electron chi connectivity index (χ1n) is 8.83. The first-order valence-corrected chi connectivity index (χ1v) is 10.3. The van der Waals surface area contributed by atoms with Gasteiger partial charge in [-0.15, -0.1) is 0 Å². The molecule has 0 saturated carbocycles. The van der Waals surface area contributed by atoms with E-state index in [1.165, 1.54) is 4.31 Å². The van der Waals surface area contributed by atoms with Gasteiger partial charge in [0, 0.05) is 26.2 Å². The molecule has 25 heavy (non-hydrogen) atoms. The van der Waals surface area contributed by atoms with Crippen LogP contribution in [0.25, 0.3) is 0 Å². The van der Waals surface area contributed by atoms with Crippen LogP contribution in [0.15, 0.2) is 23.1 Å². The van der Waals surface area contributed by atoms with Crippen LogP contribution in [0.1, 0.15) is 24.0 Å². The number of morpholine rings is 1. The van der Waals surface area contributed by atoms with Gasteiger partial charge in [-0.3, -0.25) is 4.79 Å². The van der Waals surface area contributed by atoms with Crippen molar-refractivity contribution in [2.45, 2.75) is 31.6 Å². The third kappa shape index (κ3) is 3.88. The highest BCUT2D eigenvalue weighted by Crippen LogP contribution is 2.26. The molecule has 1 amide bonds. The van der Waals surface area contributed by atoms with Crippen molar-refractivity contribution in [2.24, 2.45) is 5.92 Å². The number of sulfonamides is 1. The summed E-state index contributed by atoms with van der Waals surface area (Å²) in [5, 5.41) is 0. The van der Waals surface area contributed by atoms with Crippen molar-refractivity contribution in [3.8, 4) is 0 Å². The third-order valence-corrected chi connectivity index (χ3v) is 7.03. The standard InChI is InChI=1S/C18H26N2O4S/c1-14-5-6-17(12-15(14)2)25(22,23)20-7-3-4-16(13-20)18(21)19-8-10-24-11-9-19/h5-6,12,16H,3-4,7-11,13H2,1-2H3. The van der Waals surface area contributed by atoms with Crippen LogP contribution in [0.3, 0.4) is 0 Å². The maximum absolute atomic E-state index is 13.0. The summed E-state index contributed by atoms with van der Waals surface area (Å²) >= 11 is 0. The number of carbonyl (C=O) groups is 1. The van der Waals surface area contributed by atoms with Crippen LogP contribution in [0.5, 0.6) is 0 Å². The molecule has 138 valence electrons. The van der Waals surface area contributed by atoms with Gasteiger partial charge < -0.3 is 9.64 Å². The van der Waals surface area contributed by atoms with Gasteiger partial charge in [0.1, 0.15) is 0 Å². The van der Waals surface area contributed by atoms with E-state index in [0.717, 1.165) is 17.5 Å². The van der Waals surface area contributed by atoms with Gasteiger partial charge in [0.25, 0.3) is 0 Å². The van der Waals surface area contributed by atoms with Crippen molar-refractivity contribution in [1.82, 2.24) is 9.21 Å². The van der Waals surface area contributed by atoms with Gasteiger partial charge in [0.05, 0.1) is 24.0 Å². The summed E-state index contributed by atoms with van der Waals surface area (Å²) in [7, 11) is -3.56. The quantitative estimate of drug-likeness (QED) is 0.814. The number of amides is 1. The van der Waals surface area contributed by atoms with E-state index in [4.69, 9.17) is 4.74 Å². The molecule has 1 aromatic carbocycles. The fraction of sp³-hybridized carbons (Fsp3) is 0.611. The number of nitrogens with zero attached hydrogens (tertiary/aromatic N) is 2. The van der Waals surface area contributed by atoms with E-state index in [9.17, 15) is 13.2 Å². The number of carbonyl (C=O) groups excluding carboxylic acids is 1. The molecular formula is C18H26N2O4S. The Kier molecular flexibility index (Phi) is 5.46. The Morgan fingerprint density at radius 1 is 1.12 bits per heavy atom. The van der Waals surface area contributed by atoms with Gasteiger partial charge in [-0.25, -0.2) is 8.42 Å². The zero-order chi connectivity index (χ0) is 18.0. The first-order chi connectivity index (χ1) is 11.9. The topological polar surface area (TPSA) is 66.9 Å². The van der Waals surface area contributed by atoms with Crippen molar-refractivity contribution < 1.29 is 17.9 Å². The fourth-order valence-electron chi connectivity index (χ4n) is 3.43. The average molecular weight is 366 g/mol. The van der Waals surface area contributed by atoms with Gasteiger partial charge in [-0.2, -0.15) is 4.31 Å². The molecule has 1 aromatic rings. The number of rotatable bonds is 3. The molecule has 1 atom stereocenters. The average Bonchev–Trinajstić information content (AvgIpc) is 2.64. The molecule has 7 heteroatoms. The molecule has 1 unspecified atom stereocenters. The van der Waals surface area contributed by atoms with Crippen LogP contribution in [0, 0.1) is 19.8 Å². The molecule has 2 aliphatic rings. The predicted molar refractivity (Wildman–Crippen MR) is 94.8 cm³/mol. The second kappa shape index (κ2) is 7.43. The Balaban J connectivity index is 1.75. The molecule has 2 saturated heterocycles. The third-order valence-electron chi connectivity index (χ3n) is 5.17. The van der Waals surface area contributed by atoms with Crippen LogP contribution in [0.2, 0.25) is 0 Å². The van der Waals surface area contributed by atoms with Crippen LogP contribution in [-0.2, 0) is 19.6 Å². The fourth-order valence-corrected chi connectivity index (χ4v) is 5.04. The Labute approximate surface area is 149 Å². The van der Waals surface area contributed by atoms with Gasteiger partial charge in [-0.1, -0.05) is 6.07 Å². The maximum Gasteiger partial charge on any atom is 0.243 e. The van der Waals surface area contributed by atoms with Crippen molar-refractivity contribution in [3.05, 3.63) is 29.3 Å². The van der Waals surface area contributed by atoms with E-state index in [1.54, 1.807) is 17.0 Å². The number of piperidine rings is 1. The lowest BCUT2D eigenvalue weighted by Gasteiger charge is -2.35. The Morgan fingerprint density at radius 2 is 1.84 bits per heavy atom. The first kappa shape index (κ1) is 18.4. The van der Waals surface area contributed by atoms with Gasteiger partial charge in [0.2, 0.25) is 15.9 Å². The second-order valence-electron chi connectivity index (χ2n) is 6.89. The molecule has 2 aliphatic heterocycles. The van der Waals surface area contributed by atoms with Gasteiger partial charge in [0.15, 0.2) is 0 Å². The summed E-state index contributed by atoms with van der Waals surface area (Å²) in [4.78, 5) is 14.8. The van der Waals surface area contributed by atoms with Gasteiger partial charge in [-0.05, 0) is 49.9 Å². The van der Waals surface area contributed by atoms with Crippen LogP contribution < -0.4 is 0 Å². The lowest BCUT2D eigenvalue weighted by Crippen LogP contribution is -2.49. The lowest BCUT2D eigenvalue weighted by molar-refractivity contribution is -0.140. The molecule has 6 nitrogen and oxygen atoms in total. The summed E-state index contributed by atoms with van der Waals surface area (Å²) in [6.07, 6.45) is 1.46. The molecule has 0 bridgehead atoms. The van der Waals surface area contributed by atoms with Crippen LogP contribution in [0.4, 0.5) is 0 Å². The molecule has 2 fully saturated rings. The minimum Gasteiger partial charge on any atom is -0.378 e. The molecule has 0 aliphatic carbocycles. The van der Waals surface area contributed by atoms with Crippen LogP contribution in [-0.4, -0.2) is 62.9 Å². The van der Waals surface area contributed by atoms with E-state index in [-0.39, 0.29) is 18.4 Å². The predicted octanol–water partition coefficient (Wildman–Crippen LogP) is 1.56. The zero-order valence-electron chi connectivity index (χ0n) is 14.9. The Morgan fingerprint density at radius 3 is 2.52 bits per heavy atom. The molecule has 0 N–H and O–H groups in total. The van der Waals surface area contributed by atoms with E-state index in [2.05, 4.69) is 0 Å². The number of aryl methyl sites for hydroxylation is 2. The zero-order valence-corrected chi connectivity index (χ0v) is 15.7. The van der Waals surface area contributed by atoms with E-state index >= 15 is 0 Å². The van der Waals surface area contributed by atoms with Crippen molar-refractivity contribution >= 4 is 15.9 Å². The lowest BCUT2D eigenvalue weighted by atomic mass is 9.98. The van der Waals surface area contributed by atoms with Gasteiger partial charge >= 0.3 is 0 Å². The Hall–Kier alpha value is -1.44. The molecule has 3 rings (SSSR count). The Bertz CT molecular complexity index is 741. The number of hydrogen-bond donors (Lipinski definition) is 0. The number of benzene rings is 1. The van der Waals surface area contributed by atoms with E-state index in [1.807, 2.05) is 19.9 Å². The summed E-state index contributed by atoms with van der Waals surface area (Å²) in [6, 6.07) is 5.21. The smallest absolute Gasteiger partial charge is 0.243 e. The maximum atomic E-state index is 13.0. The summed E-state index contributed by atoms with van der Waals surface area (Å²) in [6.45, 7) is 6.93. The minimum atomic E-state index is -3.56.